The predicted molar refractivity (Wildman–Crippen MR) is 119 cm³/mol. The number of ether oxygens (including phenoxy) is 2. The number of likely N-dealkylation sites (N-methyl/N-ethyl adjacent to an activating group) is 1. The maximum Gasteiger partial charge on any atom is 0.339 e. The summed E-state index contributed by atoms with van der Waals surface area (Å²) in [7, 11) is 3.35. The quantitative estimate of drug-likeness (QED) is 0.561. The molecule has 162 valence electrons. The van der Waals surface area contributed by atoms with Gasteiger partial charge in [-0.05, 0) is 56.4 Å². The van der Waals surface area contributed by atoms with Crippen LogP contribution in [0.1, 0.15) is 36.5 Å². The van der Waals surface area contributed by atoms with Crippen molar-refractivity contribution in [2.24, 2.45) is 0 Å². The molecule has 1 aromatic heterocycles. The molecule has 4 rings (SSSR count). The summed E-state index contributed by atoms with van der Waals surface area (Å²) in [5.74, 6) is 1.08. The topological polar surface area (TPSA) is 69.0 Å². The molecule has 3 aromatic rings. The van der Waals surface area contributed by atoms with Gasteiger partial charge < -0.3 is 18.8 Å². The van der Waals surface area contributed by atoms with Gasteiger partial charge in [-0.25, -0.2) is 4.79 Å². The number of carbonyl (C=O) groups is 1. The molecule has 0 spiro atoms. The lowest BCUT2D eigenvalue weighted by atomic mass is 9.91. The summed E-state index contributed by atoms with van der Waals surface area (Å²) in [6.07, 6.45) is 3.07. The fraction of sp³-hybridized carbons (Fsp3) is 0.360. The van der Waals surface area contributed by atoms with Gasteiger partial charge in [-0.15, -0.1) is 0 Å². The third kappa shape index (κ3) is 4.29. The van der Waals surface area contributed by atoms with Gasteiger partial charge in [0.1, 0.15) is 17.1 Å². The molecule has 2 aromatic carbocycles. The fourth-order valence-corrected chi connectivity index (χ4v) is 4.23. The summed E-state index contributed by atoms with van der Waals surface area (Å²) < 4.78 is 16.8. The predicted octanol–water partition coefficient (Wildman–Crippen LogP) is 4.11. The van der Waals surface area contributed by atoms with Crippen LogP contribution in [-0.2, 0) is 24.2 Å². The Labute approximate surface area is 181 Å². The zero-order valence-electron chi connectivity index (χ0n) is 18.1. The monoisotopic (exact) mass is 421 g/mol. The van der Waals surface area contributed by atoms with Crippen molar-refractivity contribution in [3.8, 4) is 11.5 Å². The molecule has 6 heteroatoms. The summed E-state index contributed by atoms with van der Waals surface area (Å²) in [5, 5.41) is 0.953. The SMILES string of the molecule is COc1ccccc1CN(C)C(=O)C(C)Oc1ccc2c3c(c(=O)oc2c1)CCCC3. The van der Waals surface area contributed by atoms with E-state index in [4.69, 9.17) is 13.9 Å². The summed E-state index contributed by atoms with van der Waals surface area (Å²) in [6, 6.07) is 13.1. The minimum absolute atomic E-state index is 0.155. The van der Waals surface area contributed by atoms with Crippen LogP contribution >= 0.6 is 0 Å². The lowest BCUT2D eigenvalue weighted by molar-refractivity contribution is -0.137. The van der Waals surface area contributed by atoms with E-state index in [9.17, 15) is 9.59 Å². The smallest absolute Gasteiger partial charge is 0.339 e. The van der Waals surface area contributed by atoms with Crippen molar-refractivity contribution in [1.82, 2.24) is 4.90 Å². The van der Waals surface area contributed by atoms with Crippen LogP contribution in [0.15, 0.2) is 51.7 Å². The Morgan fingerprint density at radius 3 is 2.65 bits per heavy atom. The molecule has 0 saturated heterocycles. The van der Waals surface area contributed by atoms with Gasteiger partial charge in [0, 0.05) is 36.2 Å². The highest BCUT2D eigenvalue weighted by atomic mass is 16.5. The molecule has 0 fully saturated rings. The number of amides is 1. The van der Waals surface area contributed by atoms with E-state index in [1.807, 2.05) is 36.4 Å². The number of nitrogens with zero attached hydrogens (tertiary/aromatic N) is 1. The van der Waals surface area contributed by atoms with Crippen molar-refractivity contribution in [3.05, 3.63) is 69.6 Å². The van der Waals surface area contributed by atoms with Crippen LogP contribution in [0.3, 0.4) is 0 Å². The van der Waals surface area contributed by atoms with Gasteiger partial charge in [-0.3, -0.25) is 4.79 Å². The third-order valence-electron chi connectivity index (χ3n) is 5.83. The Morgan fingerprint density at radius 2 is 1.87 bits per heavy atom. The number of para-hydroxylation sites is 1. The Balaban J connectivity index is 1.50. The lowest BCUT2D eigenvalue weighted by Crippen LogP contribution is -2.37. The maximum atomic E-state index is 12.8. The van der Waals surface area contributed by atoms with E-state index < -0.39 is 6.10 Å². The van der Waals surface area contributed by atoms with E-state index in [0.717, 1.165) is 53.5 Å². The van der Waals surface area contributed by atoms with Crippen molar-refractivity contribution < 1.29 is 18.7 Å². The maximum absolute atomic E-state index is 12.8. The summed E-state index contributed by atoms with van der Waals surface area (Å²) in [4.78, 5) is 26.8. The number of methoxy groups -OCH3 is 1. The second-order valence-corrected chi connectivity index (χ2v) is 7.98. The highest BCUT2D eigenvalue weighted by Gasteiger charge is 2.22. The first-order valence-electron chi connectivity index (χ1n) is 10.6. The largest absolute Gasteiger partial charge is 0.496 e. The van der Waals surface area contributed by atoms with Crippen LogP contribution in [0.5, 0.6) is 11.5 Å². The minimum Gasteiger partial charge on any atom is -0.496 e. The fourth-order valence-electron chi connectivity index (χ4n) is 4.23. The van der Waals surface area contributed by atoms with E-state index in [-0.39, 0.29) is 11.5 Å². The van der Waals surface area contributed by atoms with Crippen LogP contribution < -0.4 is 15.1 Å². The lowest BCUT2D eigenvalue weighted by Gasteiger charge is -2.23. The Morgan fingerprint density at radius 1 is 1.13 bits per heavy atom. The first-order valence-corrected chi connectivity index (χ1v) is 10.6. The second kappa shape index (κ2) is 8.84. The summed E-state index contributed by atoms with van der Waals surface area (Å²) >= 11 is 0. The van der Waals surface area contributed by atoms with E-state index in [0.29, 0.717) is 17.9 Å². The van der Waals surface area contributed by atoms with Gasteiger partial charge in [-0.2, -0.15) is 0 Å². The van der Waals surface area contributed by atoms with Gasteiger partial charge in [0.15, 0.2) is 6.10 Å². The zero-order valence-corrected chi connectivity index (χ0v) is 18.1. The molecule has 1 heterocycles. The molecular weight excluding hydrogens is 394 g/mol. The Bertz CT molecular complexity index is 1170. The molecule has 0 bridgehead atoms. The van der Waals surface area contributed by atoms with Gasteiger partial charge >= 0.3 is 5.63 Å². The van der Waals surface area contributed by atoms with Crippen LogP contribution in [0, 0.1) is 0 Å². The van der Waals surface area contributed by atoms with Crippen molar-refractivity contribution >= 4 is 16.9 Å². The van der Waals surface area contributed by atoms with E-state index in [2.05, 4.69) is 0 Å². The Hall–Kier alpha value is -3.28. The number of fused-ring (bicyclic) bond motifs is 3. The molecule has 0 radical (unpaired) electrons. The molecule has 1 aliphatic carbocycles. The molecule has 0 N–H and O–H groups in total. The van der Waals surface area contributed by atoms with Crippen molar-refractivity contribution in [2.45, 2.75) is 45.3 Å². The minimum atomic E-state index is -0.693. The van der Waals surface area contributed by atoms with E-state index in [1.54, 1.807) is 32.0 Å². The number of rotatable bonds is 6. The highest BCUT2D eigenvalue weighted by molar-refractivity contribution is 5.83. The number of benzene rings is 2. The molecule has 0 aliphatic heterocycles. The van der Waals surface area contributed by atoms with Crippen LogP contribution in [0.25, 0.3) is 11.0 Å². The van der Waals surface area contributed by atoms with E-state index >= 15 is 0 Å². The average Bonchev–Trinajstić information content (AvgIpc) is 2.79. The van der Waals surface area contributed by atoms with Gasteiger partial charge in [0.05, 0.1) is 7.11 Å². The normalized spacial score (nSPS) is 14.0. The summed E-state index contributed by atoms with van der Waals surface area (Å²) in [6.45, 7) is 2.13. The molecule has 6 nitrogen and oxygen atoms in total. The molecule has 31 heavy (non-hydrogen) atoms. The van der Waals surface area contributed by atoms with Crippen LogP contribution in [-0.4, -0.2) is 31.1 Å². The van der Waals surface area contributed by atoms with Crippen molar-refractivity contribution in [3.63, 3.8) is 0 Å². The Kier molecular flexibility index (Phi) is 5.98. The molecular formula is C25H27NO5. The van der Waals surface area contributed by atoms with Gasteiger partial charge in [-0.1, -0.05) is 18.2 Å². The van der Waals surface area contributed by atoms with Crippen LogP contribution in [0.4, 0.5) is 0 Å². The molecule has 1 amide bonds. The van der Waals surface area contributed by atoms with Crippen molar-refractivity contribution in [1.29, 1.82) is 0 Å². The van der Waals surface area contributed by atoms with Gasteiger partial charge in [0.2, 0.25) is 0 Å². The van der Waals surface area contributed by atoms with E-state index in [1.165, 1.54) is 0 Å². The molecule has 0 saturated carbocycles. The summed E-state index contributed by atoms with van der Waals surface area (Å²) in [5.41, 5.74) is 3.05. The molecule has 1 aliphatic rings. The van der Waals surface area contributed by atoms with Crippen LogP contribution in [0.2, 0.25) is 0 Å². The third-order valence-corrected chi connectivity index (χ3v) is 5.83. The number of aryl methyl sites for hydroxylation is 1. The first kappa shape index (κ1) is 21.0. The highest BCUT2D eigenvalue weighted by Crippen LogP contribution is 2.29. The second-order valence-electron chi connectivity index (χ2n) is 7.98. The van der Waals surface area contributed by atoms with Crippen molar-refractivity contribution in [2.75, 3.05) is 14.2 Å². The number of carbonyl (C=O) groups excluding carboxylic acids is 1. The number of hydrogen-bond acceptors (Lipinski definition) is 5. The van der Waals surface area contributed by atoms with Gasteiger partial charge in [0.25, 0.3) is 5.91 Å². The molecule has 1 atom stereocenters. The zero-order chi connectivity index (χ0) is 22.0. The first-order chi connectivity index (χ1) is 15.0. The average molecular weight is 421 g/mol. The standard InChI is InChI=1S/C25H27NO5/c1-16(24(27)26(2)15-17-8-4-7-11-22(17)29-3)30-18-12-13-20-19-9-5-6-10-21(19)25(28)31-23(20)14-18/h4,7-8,11-14,16H,5-6,9-10,15H2,1-3H3. The molecule has 1 unspecified atom stereocenters. The number of hydrogen-bond donors (Lipinski definition) is 0.